The van der Waals surface area contributed by atoms with Crippen LogP contribution in [-0.2, 0) is 20.2 Å². The Hall–Kier alpha value is -3.39. The number of nitrogens with zero attached hydrogens (tertiary/aromatic N) is 3. The number of allylic oxidation sites excluding steroid dienone is 4. The topological polar surface area (TPSA) is 102 Å². The molecule has 8 heteroatoms. The molecule has 1 N–H and O–H groups in total. The minimum Gasteiger partial charge on any atom is -0.294 e. The summed E-state index contributed by atoms with van der Waals surface area (Å²) in [7, 11) is -3.34. The highest BCUT2D eigenvalue weighted by molar-refractivity contribution is 7.92. The van der Waals surface area contributed by atoms with Gasteiger partial charge in [0.2, 0.25) is 10.0 Å². The minimum atomic E-state index is -3.34. The quantitative estimate of drug-likeness (QED) is 0.605. The van der Waals surface area contributed by atoms with E-state index in [9.17, 15) is 13.2 Å². The first kappa shape index (κ1) is 22.8. The first-order valence-corrected chi connectivity index (χ1v) is 12.5. The van der Waals surface area contributed by atoms with Crippen molar-refractivity contribution in [1.82, 2.24) is 15.0 Å². The minimum absolute atomic E-state index is 0.0229. The molecule has 1 aliphatic carbocycles. The Kier molecular flexibility index (Phi) is 5.66. The number of sulfonamides is 1. The van der Waals surface area contributed by atoms with Gasteiger partial charge in [0.05, 0.1) is 11.8 Å². The van der Waals surface area contributed by atoms with Crippen molar-refractivity contribution in [2.75, 3.05) is 11.0 Å². The summed E-state index contributed by atoms with van der Waals surface area (Å²) >= 11 is 0. The van der Waals surface area contributed by atoms with Gasteiger partial charge in [-0.1, -0.05) is 44.6 Å². The smallest absolute Gasteiger partial charge is 0.229 e. The molecule has 0 fully saturated rings. The average molecular weight is 463 g/mol. The number of benzene rings is 1. The lowest BCUT2D eigenvalue weighted by atomic mass is 9.92. The van der Waals surface area contributed by atoms with Crippen molar-refractivity contribution in [1.29, 1.82) is 0 Å². The van der Waals surface area contributed by atoms with Gasteiger partial charge in [-0.2, -0.15) is 0 Å². The summed E-state index contributed by atoms with van der Waals surface area (Å²) in [5, 5.41) is 0. The molecule has 1 aromatic carbocycles. The van der Waals surface area contributed by atoms with Gasteiger partial charge in [0.25, 0.3) is 0 Å². The van der Waals surface area contributed by atoms with Gasteiger partial charge in [0.15, 0.2) is 5.78 Å². The number of Topliss-reactive ketones (excluding diaryl/α,β-unsaturated/α-hetero) is 1. The molecule has 1 aliphatic rings. The third kappa shape index (κ3) is 5.01. The van der Waals surface area contributed by atoms with E-state index in [1.54, 1.807) is 18.3 Å². The Morgan fingerprint density at radius 1 is 1.00 bits per heavy atom. The normalized spacial score (nSPS) is 14.8. The number of rotatable bonds is 4. The Bertz CT molecular complexity index is 1430. The Labute approximate surface area is 193 Å². The summed E-state index contributed by atoms with van der Waals surface area (Å²) in [5.41, 5.74) is 5.22. The monoisotopic (exact) mass is 462 g/mol. The van der Waals surface area contributed by atoms with E-state index in [0.717, 1.165) is 23.0 Å². The van der Waals surface area contributed by atoms with Gasteiger partial charge >= 0.3 is 0 Å². The number of aromatic nitrogens is 3. The fourth-order valence-corrected chi connectivity index (χ4v) is 4.15. The second kappa shape index (κ2) is 8.19. The molecular formula is C25H26N4O3S. The summed E-state index contributed by atoms with van der Waals surface area (Å²) in [6.07, 6.45) is 6.97. The molecule has 7 nitrogen and oxygen atoms in total. The zero-order chi connectivity index (χ0) is 24.0. The molecule has 0 bridgehead atoms. The molecule has 3 aromatic rings. The predicted octanol–water partition coefficient (Wildman–Crippen LogP) is 4.66. The first-order chi connectivity index (χ1) is 15.4. The van der Waals surface area contributed by atoms with E-state index < -0.39 is 10.0 Å². The van der Waals surface area contributed by atoms with Crippen molar-refractivity contribution in [3.05, 3.63) is 65.8 Å². The number of hydrogen-bond acceptors (Lipinski definition) is 6. The summed E-state index contributed by atoms with van der Waals surface area (Å²) in [6, 6.07) is 8.98. The van der Waals surface area contributed by atoms with Crippen molar-refractivity contribution in [3.8, 4) is 11.1 Å². The van der Waals surface area contributed by atoms with Crippen molar-refractivity contribution in [3.63, 3.8) is 0 Å². The molecule has 0 aliphatic heterocycles. The molecule has 2 heterocycles. The van der Waals surface area contributed by atoms with Crippen LogP contribution in [-0.4, -0.2) is 35.4 Å². The third-order valence-corrected chi connectivity index (χ3v) is 5.86. The first-order valence-electron chi connectivity index (χ1n) is 10.6. The standard InChI is InChI=1S/C25H26N4O3S/c1-15-6-11-19(21(30)12-15)22-23-20(27-24(28-22)25(2,3)4)13-17(14-26-23)16-7-9-18(10-8-16)29-33(5,31)32/h6-11,13-14,29H,12H2,1-5H3. The van der Waals surface area contributed by atoms with Crippen molar-refractivity contribution < 1.29 is 13.2 Å². The molecule has 0 saturated heterocycles. The van der Waals surface area contributed by atoms with Gasteiger partial charge in [0.1, 0.15) is 17.0 Å². The lowest BCUT2D eigenvalue weighted by Crippen LogP contribution is -2.19. The van der Waals surface area contributed by atoms with Gasteiger partial charge < -0.3 is 0 Å². The lowest BCUT2D eigenvalue weighted by molar-refractivity contribution is -0.113. The van der Waals surface area contributed by atoms with Crippen LogP contribution in [0, 0.1) is 0 Å². The average Bonchev–Trinajstić information content (AvgIpc) is 2.71. The molecule has 0 unspecified atom stereocenters. The van der Waals surface area contributed by atoms with Gasteiger partial charge in [-0.15, -0.1) is 0 Å². The predicted molar refractivity (Wildman–Crippen MR) is 131 cm³/mol. The van der Waals surface area contributed by atoms with Crippen LogP contribution in [0.2, 0.25) is 0 Å². The molecule has 2 aromatic heterocycles. The van der Waals surface area contributed by atoms with E-state index >= 15 is 0 Å². The third-order valence-electron chi connectivity index (χ3n) is 5.26. The van der Waals surface area contributed by atoms with Gasteiger partial charge in [-0.3, -0.25) is 14.5 Å². The SMILES string of the molecule is CC1=CC=C(c2nc(C(C)(C)C)nc3cc(-c4ccc(NS(C)(=O)=O)cc4)cnc23)C(=O)C1. The van der Waals surface area contributed by atoms with Crippen LogP contribution in [0.4, 0.5) is 5.69 Å². The zero-order valence-corrected chi connectivity index (χ0v) is 20.1. The largest absolute Gasteiger partial charge is 0.294 e. The van der Waals surface area contributed by atoms with Gasteiger partial charge in [-0.25, -0.2) is 18.4 Å². The molecular weight excluding hydrogens is 436 g/mol. The van der Waals surface area contributed by atoms with Crippen LogP contribution in [0.25, 0.3) is 27.7 Å². The van der Waals surface area contributed by atoms with Crippen LogP contribution >= 0.6 is 0 Å². The summed E-state index contributed by atoms with van der Waals surface area (Å²) in [5.74, 6) is 0.659. The zero-order valence-electron chi connectivity index (χ0n) is 19.3. The second-order valence-corrected chi connectivity index (χ2v) is 11.1. The number of carbonyl (C=O) groups is 1. The summed E-state index contributed by atoms with van der Waals surface area (Å²) in [6.45, 7) is 8.03. The van der Waals surface area contributed by atoms with Crippen LogP contribution in [0.1, 0.15) is 45.6 Å². The van der Waals surface area contributed by atoms with Crippen molar-refractivity contribution >= 4 is 38.1 Å². The number of pyridine rings is 1. The van der Waals surface area contributed by atoms with Gasteiger partial charge in [-0.05, 0) is 36.8 Å². The molecule has 0 radical (unpaired) electrons. The molecule has 4 rings (SSSR count). The second-order valence-electron chi connectivity index (χ2n) is 9.38. The van der Waals surface area contributed by atoms with E-state index in [1.165, 1.54) is 0 Å². The van der Waals surface area contributed by atoms with Gasteiger partial charge in [0, 0.05) is 34.9 Å². The van der Waals surface area contributed by atoms with E-state index in [4.69, 9.17) is 9.97 Å². The highest BCUT2D eigenvalue weighted by atomic mass is 32.2. The number of fused-ring (bicyclic) bond motifs is 1. The fourth-order valence-electron chi connectivity index (χ4n) is 3.58. The highest BCUT2D eigenvalue weighted by Gasteiger charge is 2.25. The molecule has 33 heavy (non-hydrogen) atoms. The molecule has 170 valence electrons. The van der Waals surface area contributed by atoms with Crippen molar-refractivity contribution in [2.45, 2.75) is 39.5 Å². The lowest BCUT2D eigenvalue weighted by Gasteiger charge is -2.20. The van der Waals surface area contributed by atoms with Crippen LogP contribution in [0.3, 0.4) is 0 Å². The number of hydrogen-bond donors (Lipinski definition) is 1. The van der Waals surface area contributed by atoms with Crippen LogP contribution in [0.15, 0.2) is 54.3 Å². The Balaban J connectivity index is 1.84. The number of carbonyl (C=O) groups excluding carboxylic acids is 1. The van der Waals surface area contributed by atoms with Crippen molar-refractivity contribution in [2.24, 2.45) is 0 Å². The molecule has 0 spiro atoms. The van der Waals surface area contributed by atoms with Crippen LogP contribution < -0.4 is 4.72 Å². The maximum Gasteiger partial charge on any atom is 0.229 e. The number of ketones is 1. The van der Waals surface area contributed by atoms with E-state index in [2.05, 4.69) is 9.71 Å². The molecule has 0 amide bonds. The number of nitrogens with one attached hydrogen (secondary N) is 1. The molecule has 0 atom stereocenters. The van der Waals surface area contributed by atoms with E-state index in [0.29, 0.717) is 40.2 Å². The maximum absolute atomic E-state index is 12.8. The summed E-state index contributed by atoms with van der Waals surface area (Å²) in [4.78, 5) is 27.0. The Morgan fingerprint density at radius 2 is 1.70 bits per heavy atom. The van der Waals surface area contributed by atoms with E-state index in [-0.39, 0.29) is 11.2 Å². The Morgan fingerprint density at radius 3 is 2.30 bits per heavy atom. The molecule has 0 saturated carbocycles. The van der Waals surface area contributed by atoms with E-state index in [1.807, 2.05) is 58.0 Å². The maximum atomic E-state index is 12.8. The summed E-state index contributed by atoms with van der Waals surface area (Å²) < 4.78 is 25.4. The van der Waals surface area contributed by atoms with Crippen LogP contribution in [0.5, 0.6) is 0 Å². The highest BCUT2D eigenvalue weighted by Crippen LogP contribution is 2.31. The number of anilines is 1. The fraction of sp³-hybridized carbons (Fsp3) is 0.280.